The van der Waals surface area contributed by atoms with Gasteiger partial charge < -0.3 is 10.2 Å². The molecule has 0 saturated carbocycles. The van der Waals surface area contributed by atoms with E-state index in [1.165, 1.54) is 30.1 Å². The maximum atomic E-state index is 13.7. The zero-order valence-electron chi connectivity index (χ0n) is 19.8. The molecule has 9 heteroatoms. The second-order valence-corrected chi connectivity index (χ2v) is 10.4. The van der Waals surface area contributed by atoms with Gasteiger partial charge in [-0.3, -0.25) is 13.9 Å². The minimum absolute atomic E-state index is 0.0427. The zero-order valence-corrected chi connectivity index (χ0v) is 21.4. The average molecular weight is 514 g/mol. The number of likely N-dealkylation sites (N-methyl/N-ethyl adjacent to an activating group) is 1. The first-order valence-corrected chi connectivity index (χ1v) is 12.9. The lowest BCUT2D eigenvalue weighted by Crippen LogP contribution is -2.50. The summed E-state index contributed by atoms with van der Waals surface area (Å²) in [6.45, 7) is 2.99. The third kappa shape index (κ3) is 6.21. The van der Waals surface area contributed by atoms with Crippen molar-refractivity contribution in [2.75, 3.05) is 17.9 Å². The molecule has 0 fully saturated rings. The lowest BCUT2D eigenvalue weighted by molar-refractivity contribution is -0.139. The SMILES string of the molecule is CNC(=O)[C@@H](C)N(Cc1ccccc1)C(=O)CN(c1cc(Cl)ccc1C)S(=O)(=O)c1ccccc1. The highest BCUT2D eigenvalue weighted by Crippen LogP contribution is 2.30. The van der Waals surface area contributed by atoms with E-state index in [0.717, 1.165) is 9.87 Å². The van der Waals surface area contributed by atoms with Gasteiger partial charge in [-0.05, 0) is 49.2 Å². The Morgan fingerprint density at radius 1 is 0.971 bits per heavy atom. The van der Waals surface area contributed by atoms with Gasteiger partial charge in [0.25, 0.3) is 10.0 Å². The second-order valence-electron chi connectivity index (χ2n) is 8.05. The molecule has 0 aliphatic heterocycles. The van der Waals surface area contributed by atoms with Gasteiger partial charge in [-0.25, -0.2) is 8.42 Å². The number of hydrogen-bond donors (Lipinski definition) is 1. The van der Waals surface area contributed by atoms with Gasteiger partial charge in [-0.2, -0.15) is 0 Å². The minimum atomic E-state index is -4.12. The average Bonchev–Trinajstić information content (AvgIpc) is 2.87. The van der Waals surface area contributed by atoms with Crippen molar-refractivity contribution in [2.24, 2.45) is 0 Å². The highest BCUT2D eigenvalue weighted by molar-refractivity contribution is 7.92. The van der Waals surface area contributed by atoms with Crippen molar-refractivity contribution >= 4 is 39.1 Å². The number of hydrogen-bond acceptors (Lipinski definition) is 4. The highest BCUT2D eigenvalue weighted by Gasteiger charge is 2.32. The van der Waals surface area contributed by atoms with Crippen LogP contribution in [0.3, 0.4) is 0 Å². The maximum Gasteiger partial charge on any atom is 0.264 e. The van der Waals surface area contributed by atoms with Gasteiger partial charge >= 0.3 is 0 Å². The molecule has 2 amide bonds. The molecule has 0 spiro atoms. The summed E-state index contributed by atoms with van der Waals surface area (Å²) >= 11 is 6.20. The first-order valence-electron chi connectivity index (χ1n) is 11.0. The number of carbonyl (C=O) groups is 2. The van der Waals surface area contributed by atoms with Crippen LogP contribution in [0.15, 0.2) is 83.8 Å². The molecule has 0 heterocycles. The predicted molar refractivity (Wildman–Crippen MR) is 138 cm³/mol. The first kappa shape index (κ1) is 26.2. The maximum absolute atomic E-state index is 13.7. The Labute approximate surface area is 211 Å². The van der Waals surface area contributed by atoms with Crippen molar-refractivity contribution in [1.29, 1.82) is 0 Å². The van der Waals surface area contributed by atoms with Crippen molar-refractivity contribution in [3.05, 3.63) is 95.0 Å². The molecule has 3 aromatic carbocycles. The van der Waals surface area contributed by atoms with Crippen LogP contribution in [-0.2, 0) is 26.2 Å². The number of nitrogens with zero attached hydrogens (tertiary/aromatic N) is 2. The van der Waals surface area contributed by atoms with Crippen LogP contribution in [-0.4, -0.2) is 44.8 Å². The van der Waals surface area contributed by atoms with E-state index in [-0.39, 0.29) is 17.3 Å². The fourth-order valence-electron chi connectivity index (χ4n) is 3.66. The summed E-state index contributed by atoms with van der Waals surface area (Å²) in [4.78, 5) is 27.6. The lowest BCUT2D eigenvalue weighted by atomic mass is 10.1. The van der Waals surface area contributed by atoms with Crippen LogP contribution < -0.4 is 9.62 Å². The van der Waals surface area contributed by atoms with Crippen LogP contribution in [0.4, 0.5) is 5.69 Å². The first-order chi connectivity index (χ1) is 16.6. The predicted octanol–water partition coefficient (Wildman–Crippen LogP) is 4.01. The number of benzene rings is 3. The summed E-state index contributed by atoms with van der Waals surface area (Å²) in [7, 11) is -2.63. The largest absolute Gasteiger partial charge is 0.357 e. The van der Waals surface area contributed by atoms with Gasteiger partial charge in [0.1, 0.15) is 12.6 Å². The Balaban J connectivity index is 2.06. The molecule has 7 nitrogen and oxygen atoms in total. The van der Waals surface area contributed by atoms with E-state index in [4.69, 9.17) is 11.6 Å². The second kappa shape index (κ2) is 11.4. The summed E-state index contributed by atoms with van der Waals surface area (Å²) in [6, 6.07) is 21.2. The van der Waals surface area contributed by atoms with E-state index in [1.807, 2.05) is 30.3 Å². The quantitative estimate of drug-likeness (QED) is 0.468. The topological polar surface area (TPSA) is 86.8 Å². The molecule has 3 rings (SSSR count). The van der Waals surface area contributed by atoms with E-state index in [1.54, 1.807) is 44.2 Å². The third-order valence-corrected chi connectivity index (χ3v) is 7.67. The Bertz CT molecular complexity index is 1280. The Hall–Kier alpha value is -3.36. The van der Waals surface area contributed by atoms with Crippen LogP contribution >= 0.6 is 11.6 Å². The van der Waals surface area contributed by atoms with Gasteiger partial charge in [0.15, 0.2) is 0 Å². The summed E-state index contributed by atoms with van der Waals surface area (Å²) < 4.78 is 28.5. The molecule has 0 aromatic heterocycles. The molecule has 0 radical (unpaired) electrons. The lowest BCUT2D eigenvalue weighted by Gasteiger charge is -2.32. The van der Waals surface area contributed by atoms with E-state index in [9.17, 15) is 18.0 Å². The molecular weight excluding hydrogens is 486 g/mol. The normalized spacial score (nSPS) is 12.0. The molecule has 0 unspecified atom stereocenters. The van der Waals surface area contributed by atoms with Gasteiger partial charge in [0, 0.05) is 18.6 Å². The molecule has 0 aliphatic rings. The Kier molecular flexibility index (Phi) is 8.53. The summed E-state index contributed by atoms with van der Waals surface area (Å²) in [5, 5.41) is 2.90. The van der Waals surface area contributed by atoms with Crippen molar-refractivity contribution in [3.8, 4) is 0 Å². The molecule has 0 bridgehead atoms. The molecule has 3 aromatic rings. The smallest absolute Gasteiger partial charge is 0.264 e. The molecular formula is C26H28ClN3O4S. The number of sulfonamides is 1. The fourth-order valence-corrected chi connectivity index (χ4v) is 5.31. The number of aryl methyl sites for hydroxylation is 1. The molecule has 1 N–H and O–H groups in total. The Morgan fingerprint density at radius 3 is 2.17 bits per heavy atom. The van der Waals surface area contributed by atoms with Crippen LogP contribution in [0.25, 0.3) is 0 Å². The van der Waals surface area contributed by atoms with Gasteiger partial charge in [0.2, 0.25) is 11.8 Å². The molecule has 184 valence electrons. The van der Waals surface area contributed by atoms with Crippen molar-refractivity contribution in [3.63, 3.8) is 0 Å². The van der Waals surface area contributed by atoms with Crippen molar-refractivity contribution in [2.45, 2.75) is 31.3 Å². The number of halogens is 1. The number of nitrogens with one attached hydrogen (secondary N) is 1. The van der Waals surface area contributed by atoms with Crippen LogP contribution in [0.2, 0.25) is 5.02 Å². The standard InChI is InChI=1S/C26H28ClN3O4S/c1-19-14-15-22(27)16-24(19)30(35(33,34)23-12-8-5-9-13-23)18-25(31)29(20(2)26(32)28-3)17-21-10-6-4-7-11-21/h4-16,20H,17-18H2,1-3H3,(H,28,32)/t20-/m1/s1. The summed E-state index contributed by atoms with van der Waals surface area (Å²) in [5.41, 5.74) is 1.74. The monoisotopic (exact) mass is 513 g/mol. The summed E-state index contributed by atoms with van der Waals surface area (Å²) in [6.07, 6.45) is 0. The van der Waals surface area contributed by atoms with Crippen molar-refractivity contribution < 1.29 is 18.0 Å². The third-order valence-electron chi connectivity index (χ3n) is 5.66. The fraction of sp³-hybridized carbons (Fsp3) is 0.231. The van der Waals surface area contributed by atoms with E-state index in [0.29, 0.717) is 16.3 Å². The number of carbonyl (C=O) groups excluding carboxylic acids is 2. The molecule has 0 aliphatic carbocycles. The number of anilines is 1. The van der Waals surface area contributed by atoms with Gasteiger partial charge in [-0.15, -0.1) is 0 Å². The van der Waals surface area contributed by atoms with Crippen LogP contribution in [0, 0.1) is 6.92 Å². The van der Waals surface area contributed by atoms with Crippen LogP contribution in [0.5, 0.6) is 0 Å². The van der Waals surface area contributed by atoms with Crippen LogP contribution in [0.1, 0.15) is 18.1 Å². The van der Waals surface area contributed by atoms with E-state index >= 15 is 0 Å². The summed E-state index contributed by atoms with van der Waals surface area (Å²) in [5.74, 6) is -0.880. The molecule has 0 saturated heterocycles. The zero-order chi connectivity index (χ0) is 25.6. The number of rotatable bonds is 9. The Morgan fingerprint density at radius 2 is 1.57 bits per heavy atom. The highest BCUT2D eigenvalue weighted by atomic mass is 35.5. The van der Waals surface area contributed by atoms with E-state index < -0.39 is 28.5 Å². The van der Waals surface area contributed by atoms with Gasteiger partial charge in [-0.1, -0.05) is 66.2 Å². The molecule has 1 atom stereocenters. The van der Waals surface area contributed by atoms with Crippen molar-refractivity contribution in [1.82, 2.24) is 10.2 Å². The molecule has 35 heavy (non-hydrogen) atoms. The number of amides is 2. The van der Waals surface area contributed by atoms with Gasteiger partial charge in [0.05, 0.1) is 10.6 Å². The van der Waals surface area contributed by atoms with E-state index in [2.05, 4.69) is 5.32 Å². The minimum Gasteiger partial charge on any atom is -0.357 e.